The molecule has 0 unspecified atom stereocenters. The minimum Gasteiger partial charge on any atom is -0.361 e. The van der Waals surface area contributed by atoms with Crippen LogP contribution in [0.3, 0.4) is 0 Å². The van der Waals surface area contributed by atoms with Gasteiger partial charge in [0.05, 0.1) is 6.42 Å². The lowest BCUT2D eigenvalue weighted by molar-refractivity contribution is -0.115. The molecule has 0 radical (unpaired) electrons. The summed E-state index contributed by atoms with van der Waals surface area (Å²) in [7, 11) is 0. The van der Waals surface area contributed by atoms with Gasteiger partial charge in [0.1, 0.15) is 0 Å². The first-order chi connectivity index (χ1) is 12.2. The van der Waals surface area contributed by atoms with Crippen molar-refractivity contribution in [2.24, 2.45) is 0 Å². The Kier molecular flexibility index (Phi) is 3.93. The molecular weight excluding hydrogens is 322 g/mol. The predicted octanol–water partition coefficient (Wildman–Crippen LogP) is 1.97. The average Bonchev–Trinajstić information content (AvgIpc) is 3.35. The molecule has 2 aromatic heterocycles. The van der Waals surface area contributed by atoms with Gasteiger partial charge in [0, 0.05) is 30.2 Å². The van der Waals surface area contributed by atoms with Gasteiger partial charge in [-0.2, -0.15) is 0 Å². The monoisotopic (exact) mass is 339 g/mol. The molecule has 0 saturated carbocycles. The van der Waals surface area contributed by atoms with E-state index in [4.69, 9.17) is 0 Å². The lowest BCUT2D eigenvalue weighted by Crippen LogP contribution is -2.29. The normalized spacial score (nSPS) is 14.2. The van der Waals surface area contributed by atoms with Gasteiger partial charge in [0.15, 0.2) is 0 Å². The number of nitrogens with zero attached hydrogens (tertiary/aromatic N) is 3. The molecule has 1 saturated heterocycles. The Morgan fingerprint density at radius 2 is 2.00 bits per heavy atom. The first-order valence-corrected chi connectivity index (χ1v) is 8.19. The first-order valence-electron chi connectivity index (χ1n) is 8.19. The van der Waals surface area contributed by atoms with Gasteiger partial charge in [-0.05, 0) is 34.8 Å². The highest BCUT2D eigenvalue weighted by atomic mass is 16.6. The molecule has 8 heteroatoms. The Hall–Kier alpha value is -3.16. The summed E-state index contributed by atoms with van der Waals surface area (Å²) in [6, 6.07) is 7.76. The number of rotatable bonds is 4. The molecule has 1 aliphatic heterocycles. The van der Waals surface area contributed by atoms with Crippen molar-refractivity contribution in [3.63, 3.8) is 0 Å². The van der Waals surface area contributed by atoms with Gasteiger partial charge >= 0.3 is 0 Å². The van der Waals surface area contributed by atoms with Crippen LogP contribution in [-0.4, -0.2) is 45.1 Å². The van der Waals surface area contributed by atoms with Crippen molar-refractivity contribution in [3.05, 3.63) is 41.7 Å². The number of anilines is 1. The molecule has 1 aliphatic rings. The molecule has 25 heavy (non-hydrogen) atoms. The van der Waals surface area contributed by atoms with Crippen LogP contribution < -0.4 is 5.32 Å². The molecule has 0 atom stereocenters. The second-order valence-corrected chi connectivity index (χ2v) is 6.05. The number of likely N-dealkylation sites (tertiary alicyclic amines) is 1. The van der Waals surface area contributed by atoms with Crippen molar-refractivity contribution in [2.45, 2.75) is 19.3 Å². The number of benzene rings is 1. The van der Waals surface area contributed by atoms with Crippen LogP contribution in [0.25, 0.3) is 10.9 Å². The summed E-state index contributed by atoms with van der Waals surface area (Å²) in [5, 5.41) is 10.9. The quantitative estimate of drug-likeness (QED) is 0.756. The Morgan fingerprint density at radius 3 is 2.84 bits per heavy atom. The smallest absolute Gasteiger partial charge is 0.280 e. The summed E-state index contributed by atoms with van der Waals surface area (Å²) < 4.78 is 4.66. The van der Waals surface area contributed by atoms with Crippen LogP contribution >= 0.6 is 0 Å². The number of amides is 2. The minimum atomic E-state index is -0.282. The SMILES string of the molecule is O=C(Cc1c[nH]c2ccccc12)Nc1nonc1C(=O)N1CCCC1. The highest BCUT2D eigenvalue weighted by molar-refractivity contribution is 6.02. The second kappa shape index (κ2) is 6.39. The third-order valence-corrected chi connectivity index (χ3v) is 4.37. The maximum absolute atomic E-state index is 12.4. The molecule has 0 bridgehead atoms. The van der Waals surface area contributed by atoms with E-state index in [-0.39, 0.29) is 29.7 Å². The molecule has 1 fully saturated rings. The fourth-order valence-electron chi connectivity index (χ4n) is 3.11. The van der Waals surface area contributed by atoms with Crippen molar-refractivity contribution >= 4 is 28.5 Å². The molecule has 128 valence electrons. The highest BCUT2D eigenvalue weighted by Crippen LogP contribution is 2.20. The zero-order valence-electron chi connectivity index (χ0n) is 13.5. The molecular formula is C17H17N5O3. The molecule has 4 rings (SSSR count). The number of hydrogen-bond donors (Lipinski definition) is 2. The van der Waals surface area contributed by atoms with E-state index in [1.807, 2.05) is 30.5 Å². The van der Waals surface area contributed by atoms with Crippen molar-refractivity contribution in [1.29, 1.82) is 0 Å². The number of carbonyl (C=O) groups is 2. The van der Waals surface area contributed by atoms with E-state index in [1.165, 1.54) is 0 Å². The third-order valence-electron chi connectivity index (χ3n) is 4.37. The average molecular weight is 339 g/mol. The Morgan fingerprint density at radius 1 is 1.20 bits per heavy atom. The number of carbonyl (C=O) groups excluding carboxylic acids is 2. The van der Waals surface area contributed by atoms with E-state index in [0.29, 0.717) is 13.1 Å². The number of H-pyrrole nitrogens is 1. The zero-order chi connectivity index (χ0) is 17.2. The Balaban J connectivity index is 1.48. The van der Waals surface area contributed by atoms with Gasteiger partial charge in [0.2, 0.25) is 17.4 Å². The number of nitrogens with one attached hydrogen (secondary N) is 2. The molecule has 3 heterocycles. The van der Waals surface area contributed by atoms with E-state index in [9.17, 15) is 9.59 Å². The summed E-state index contributed by atoms with van der Waals surface area (Å²) in [6.45, 7) is 1.38. The number of aromatic amines is 1. The number of aromatic nitrogens is 3. The van der Waals surface area contributed by atoms with Crippen LogP contribution in [0.2, 0.25) is 0 Å². The van der Waals surface area contributed by atoms with Gasteiger partial charge in [-0.3, -0.25) is 9.59 Å². The van der Waals surface area contributed by atoms with Crippen LogP contribution in [-0.2, 0) is 11.2 Å². The number of fused-ring (bicyclic) bond motifs is 1. The summed E-state index contributed by atoms with van der Waals surface area (Å²) >= 11 is 0. The predicted molar refractivity (Wildman–Crippen MR) is 90.1 cm³/mol. The van der Waals surface area contributed by atoms with E-state index >= 15 is 0 Å². The van der Waals surface area contributed by atoms with Gasteiger partial charge in [-0.1, -0.05) is 18.2 Å². The van der Waals surface area contributed by atoms with Crippen molar-refractivity contribution in [2.75, 3.05) is 18.4 Å². The highest BCUT2D eigenvalue weighted by Gasteiger charge is 2.27. The zero-order valence-corrected chi connectivity index (χ0v) is 13.5. The Bertz CT molecular complexity index is 923. The topological polar surface area (TPSA) is 104 Å². The summed E-state index contributed by atoms with van der Waals surface area (Å²) in [4.78, 5) is 29.6. The lowest BCUT2D eigenvalue weighted by atomic mass is 10.1. The summed E-state index contributed by atoms with van der Waals surface area (Å²) in [5.74, 6) is -0.473. The number of hydrogen-bond acceptors (Lipinski definition) is 5. The molecule has 0 aliphatic carbocycles. The summed E-state index contributed by atoms with van der Waals surface area (Å²) in [5.41, 5.74) is 1.89. The van der Waals surface area contributed by atoms with Crippen LogP contribution in [0, 0.1) is 0 Å². The largest absolute Gasteiger partial charge is 0.361 e. The first kappa shape index (κ1) is 15.4. The van der Waals surface area contributed by atoms with E-state index in [1.54, 1.807) is 4.90 Å². The number of para-hydroxylation sites is 1. The van der Waals surface area contributed by atoms with Crippen LogP contribution in [0.1, 0.15) is 28.9 Å². The van der Waals surface area contributed by atoms with E-state index < -0.39 is 0 Å². The van der Waals surface area contributed by atoms with Gasteiger partial charge < -0.3 is 15.2 Å². The Labute approximate surface area is 143 Å². The van der Waals surface area contributed by atoms with Crippen molar-refractivity contribution < 1.29 is 14.2 Å². The second-order valence-electron chi connectivity index (χ2n) is 6.05. The minimum absolute atomic E-state index is 0.0502. The lowest BCUT2D eigenvalue weighted by Gasteiger charge is -2.13. The standard InChI is InChI=1S/C17H17N5O3/c23-14(9-11-10-18-13-6-2-1-5-12(11)13)19-16-15(20-25-21-16)17(24)22-7-3-4-8-22/h1-2,5-6,10,18H,3-4,7-9H2,(H,19,21,23). The maximum Gasteiger partial charge on any atom is 0.280 e. The summed E-state index contributed by atoms with van der Waals surface area (Å²) in [6.07, 6.45) is 3.91. The van der Waals surface area contributed by atoms with Gasteiger partial charge in [-0.25, -0.2) is 4.63 Å². The molecule has 8 nitrogen and oxygen atoms in total. The molecule has 0 spiro atoms. The van der Waals surface area contributed by atoms with Crippen LogP contribution in [0.4, 0.5) is 5.82 Å². The van der Waals surface area contributed by atoms with Crippen LogP contribution in [0.5, 0.6) is 0 Å². The van der Waals surface area contributed by atoms with E-state index in [0.717, 1.165) is 29.3 Å². The fourth-order valence-corrected chi connectivity index (χ4v) is 3.11. The fraction of sp³-hybridized carbons (Fsp3) is 0.294. The molecule has 2 amide bonds. The van der Waals surface area contributed by atoms with Crippen LogP contribution in [0.15, 0.2) is 35.1 Å². The van der Waals surface area contributed by atoms with Gasteiger partial charge in [0.25, 0.3) is 5.91 Å². The molecule has 3 aromatic rings. The van der Waals surface area contributed by atoms with Crippen molar-refractivity contribution in [3.8, 4) is 0 Å². The molecule has 1 aromatic carbocycles. The maximum atomic E-state index is 12.4. The van der Waals surface area contributed by atoms with E-state index in [2.05, 4.69) is 25.2 Å². The molecule has 2 N–H and O–H groups in total. The van der Waals surface area contributed by atoms with Gasteiger partial charge in [-0.15, -0.1) is 0 Å². The third kappa shape index (κ3) is 2.98. The van der Waals surface area contributed by atoms with Crippen molar-refractivity contribution in [1.82, 2.24) is 20.2 Å².